The molecule has 1 amide bonds. The summed E-state index contributed by atoms with van der Waals surface area (Å²) in [7, 11) is 0. The molecule has 0 unspecified atom stereocenters. The Morgan fingerprint density at radius 2 is 1.74 bits per heavy atom. The van der Waals surface area contributed by atoms with Crippen molar-refractivity contribution in [3.63, 3.8) is 0 Å². The zero-order valence-electron chi connectivity index (χ0n) is 15.2. The van der Waals surface area contributed by atoms with E-state index in [4.69, 9.17) is 9.47 Å². The Hall–Kier alpha value is -2.25. The van der Waals surface area contributed by atoms with Crippen molar-refractivity contribution in [2.24, 2.45) is 0 Å². The van der Waals surface area contributed by atoms with Gasteiger partial charge in [0.05, 0.1) is 5.75 Å². The highest BCUT2D eigenvalue weighted by Gasteiger charge is 2.21. The Balaban J connectivity index is 1.24. The van der Waals surface area contributed by atoms with E-state index in [0.29, 0.717) is 19.0 Å². The number of hydrogen-bond donors (Lipinski definition) is 0. The van der Waals surface area contributed by atoms with Crippen molar-refractivity contribution < 1.29 is 14.3 Å². The number of carbonyl (C=O) groups excluding carboxylic acids is 1. The van der Waals surface area contributed by atoms with Crippen LogP contribution in [0.4, 0.5) is 0 Å². The molecule has 2 aromatic rings. The number of nitrogens with zero attached hydrogens (tertiary/aromatic N) is 3. The highest BCUT2D eigenvalue weighted by Crippen LogP contribution is 2.34. The number of benzene rings is 1. The van der Waals surface area contributed by atoms with Crippen LogP contribution in [0.15, 0.2) is 47.6 Å². The van der Waals surface area contributed by atoms with Crippen LogP contribution in [0.25, 0.3) is 0 Å². The maximum Gasteiger partial charge on any atom is 0.233 e. The number of rotatable bonds is 5. The van der Waals surface area contributed by atoms with E-state index in [9.17, 15) is 4.79 Å². The molecule has 4 rings (SSSR count). The number of carbonyl (C=O) groups is 1. The number of ether oxygens (including phenoxy) is 2. The van der Waals surface area contributed by atoms with E-state index in [0.717, 1.165) is 49.1 Å². The zero-order valence-corrected chi connectivity index (χ0v) is 16.0. The van der Waals surface area contributed by atoms with Crippen molar-refractivity contribution in [1.82, 2.24) is 14.8 Å². The molecule has 0 N–H and O–H groups in total. The lowest BCUT2D eigenvalue weighted by Gasteiger charge is -2.34. The standard InChI is InChI=1S/C20H23N3O3S/c24-20(15-27-17-1-2-18-19(13-17)26-12-11-25-18)23-9-7-22(8-10-23)14-16-3-5-21-6-4-16/h1-6,13H,7-12,14-15H2. The molecule has 1 saturated heterocycles. The topological polar surface area (TPSA) is 54.9 Å². The van der Waals surface area contributed by atoms with Crippen LogP contribution >= 0.6 is 11.8 Å². The van der Waals surface area contributed by atoms with E-state index in [1.165, 1.54) is 5.56 Å². The van der Waals surface area contributed by atoms with Gasteiger partial charge in [0.15, 0.2) is 11.5 Å². The quantitative estimate of drug-likeness (QED) is 0.736. The largest absolute Gasteiger partial charge is 0.486 e. The number of pyridine rings is 1. The first kappa shape index (κ1) is 18.1. The molecule has 7 heteroatoms. The van der Waals surface area contributed by atoms with Gasteiger partial charge in [0.1, 0.15) is 13.2 Å². The van der Waals surface area contributed by atoms with Crippen LogP contribution in [0.2, 0.25) is 0 Å². The lowest BCUT2D eigenvalue weighted by molar-refractivity contribution is -0.130. The van der Waals surface area contributed by atoms with Crippen molar-refractivity contribution in [2.75, 3.05) is 45.1 Å². The minimum atomic E-state index is 0.193. The number of thioether (sulfide) groups is 1. The maximum atomic E-state index is 12.5. The molecule has 0 radical (unpaired) electrons. The number of amides is 1. The lowest BCUT2D eigenvalue weighted by atomic mass is 10.2. The van der Waals surface area contributed by atoms with Crippen LogP contribution in [-0.4, -0.2) is 65.8 Å². The monoisotopic (exact) mass is 385 g/mol. The molecule has 1 aromatic heterocycles. The van der Waals surface area contributed by atoms with Gasteiger partial charge in [0.2, 0.25) is 5.91 Å². The molecule has 1 aromatic carbocycles. The summed E-state index contributed by atoms with van der Waals surface area (Å²) in [4.78, 5) is 22.0. The fraction of sp³-hybridized carbons (Fsp3) is 0.400. The number of fused-ring (bicyclic) bond motifs is 1. The average molecular weight is 385 g/mol. The average Bonchev–Trinajstić information content (AvgIpc) is 2.73. The summed E-state index contributed by atoms with van der Waals surface area (Å²) in [6, 6.07) is 9.94. The molecule has 0 bridgehead atoms. The molecule has 1 fully saturated rings. The first-order valence-electron chi connectivity index (χ1n) is 9.19. The van der Waals surface area contributed by atoms with E-state index in [2.05, 4.69) is 9.88 Å². The van der Waals surface area contributed by atoms with Gasteiger partial charge in [-0.25, -0.2) is 0 Å². The maximum absolute atomic E-state index is 12.5. The van der Waals surface area contributed by atoms with Crippen molar-refractivity contribution in [2.45, 2.75) is 11.4 Å². The number of piperazine rings is 1. The Labute approximate surface area is 163 Å². The van der Waals surface area contributed by atoms with Crippen molar-refractivity contribution in [3.05, 3.63) is 48.3 Å². The smallest absolute Gasteiger partial charge is 0.233 e. The molecule has 0 atom stereocenters. The zero-order chi connectivity index (χ0) is 18.5. The summed E-state index contributed by atoms with van der Waals surface area (Å²) in [5.74, 6) is 2.19. The summed E-state index contributed by atoms with van der Waals surface area (Å²) < 4.78 is 11.1. The van der Waals surface area contributed by atoms with Gasteiger partial charge in [-0.15, -0.1) is 11.8 Å². The first-order chi connectivity index (χ1) is 13.3. The molecule has 142 valence electrons. The molecular formula is C20H23N3O3S. The molecule has 2 aliphatic heterocycles. The summed E-state index contributed by atoms with van der Waals surface area (Å²) in [5.41, 5.74) is 1.26. The predicted octanol–water partition coefficient (Wildman–Crippen LogP) is 2.29. The highest BCUT2D eigenvalue weighted by molar-refractivity contribution is 8.00. The number of aromatic nitrogens is 1. The van der Waals surface area contributed by atoms with Gasteiger partial charge in [-0.05, 0) is 35.9 Å². The SMILES string of the molecule is O=C(CSc1ccc2c(c1)OCCO2)N1CCN(Cc2ccncc2)CC1. The summed E-state index contributed by atoms with van der Waals surface area (Å²) >= 11 is 1.55. The molecule has 0 aliphatic carbocycles. The predicted molar refractivity (Wildman–Crippen MR) is 104 cm³/mol. The van der Waals surface area contributed by atoms with Crippen molar-refractivity contribution >= 4 is 17.7 Å². The fourth-order valence-corrected chi connectivity index (χ4v) is 4.08. The summed E-state index contributed by atoms with van der Waals surface area (Å²) in [6.45, 7) is 5.45. The van der Waals surface area contributed by atoms with Gasteiger partial charge < -0.3 is 14.4 Å². The molecule has 3 heterocycles. The lowest BCUT2D eigenvalue weighted by Crippen LogP contribution is -2.48. The highest BCUT2D eigenvalue weighted by atomic mass is 32.2. The second-order valence-electron chi connectivity index (χ2n) is 6.61. The van der Waals surface area contributed by atoms with Gasteiger partial charge in [-0.2, -0.15) is 0 Å². The van der Waals surface area contributed by atoms with Crippen LogP contribution < -0.4 is 9.47 Å². The van der Waals surface area contributed by atoms with Crippen molar-refractivity contribution in [3.8, 4) is 11.5 Å². The fourth-order valence-electron chi connectivity index (χ4n) is 3.25. The molecular weight excluding hydrogens is 362 g/mol. The van der Waals surface area contributed by atoms with Gasteiger partial charge in [-0.3, -0.25) is 14.7 Å². The minimum absolute atomic E-state index is 0.193. The van der Waals surface area contributed by atoms with E-state index < -0.39 is 0 Å². The van der Waals surface area contributed by atoms with E-state index in [1.807, 2.05) is 47.6 Å². The second-order valence-corrected chi connectivity index (χ2v) is 7.66. The third-order valence-corrected chi connectivity index (χ3v) is 5.74. The Kier molecular flexibility index (Phi) is 5.79. The second kappa shape index (κ2) is 8.63. The molecule has 27 heavy (non-hydrogen) atoms. The van der Waals surface area contributed by atoms with Crippen LogP contribution in [0.1, 0.15) is 5.56 Å². The Morgan fingerprint density at radius 1 is 1.00 bits per heavy atom. The molecule has 6 nitrogen and oxygen atoms in total. The van der Waals surface area contributed by atoms with Crippen LogP contribution in [0, 0.1) is 0 Å². The third-order valence-electron chi connectivity index (χ3n) is 4.76. The van der Waals surface area contributed by atoms with Gasteiger partial charge >= 0.3 is 0 Å². The normalized spacial score (nSPS) is 17.0. The van der Waals surface area contributed by atoms with E-state index in [1.54, 1.807) is 11.8 Å². The van der Waals surface area contributed by atoms with Crippen molar-refractivity contribution in [1.29, 1.82) is 0 Å². The molecule has 2 aliphatic rings. The summed E-state index contributed by atoms with van der Waals surface area (Å²) in [5, 5.41) is 0. The van der Waals surface area contributed by atoms with Gasteiger partial charge in [0, 0.05) is 50.0 Å². The number of hydrogen-bond acceptors (Lipinski definition) is 6. The minimum Gasteiger partial charge on any atom is -0.486 e. The van der Waals surface area contributed by atoms with E-state index in [-0.39, 0.29) is 5.91 Å². The van der Waals surface area contributed by atoms with Crippen LogP contribution in [-0.2, 0) is 11.3 Å². The summed E-state index contributed by atoms with van der Waals surface area (Å²) in [6.07, 6.45) is 3.65. The van der Waals surface area contributed by atoms with Gasteiger partial charge in [-0.1, -0.05) is 0 Å². The molecule has 0 saturated carbocycles. The van der Waals surface area contributed by atoms with E-state index >= 15 is 0 Å². The van der Waals surface area contributed by atoms with Gasteiger partial charge in [0.25, 0.3) is 0 Å². The Morgan fingerprint density at radius 3 is 2.52 bits per heavy atom. The molecule has 0 spiro atoms. The van der Waals surface area contributed by atoms with Crippen LogP contribution in [0.3, 0.4) is 0 Å². The first-order valence-corrected chi connectivity index (χ1v) is 10.2. The third kappa shape index (κ3) is 4.73. The van der Waals surface area contributed by atoms with Crippen LogP contribution in [0.5, 0.6) is 11.5 Å². The Bertz CT molecular complexity index is 779.